The van der Waals surface area contributed by atoms with Gasteiger partial charge in [0, 0.05) is 36.4 Å². The number of benzene rings is 1. The Morgan fingerprint density at radius 1 is 1.23 bits per heavy atom. The van der Waals surface area contributed by atoms with Gasteiger partial charge in [0.15, 0.2) is 0 Å². The molecule has 0 bridgehead atoms. The Kier molecular flexibility index (Phi) is 4.65. The first-order valence-electron chi connectivity index (χ1n) is 9.79. The van der Waals surface area contributed by atoms with Crippen LogP contribution in [0, 0.1) is 0 Å². The summed E-state index contributed by atoms with van der Waals surface area (Å²) < 4.78 is 27.7. The van der Waals surface area contributed by atoms with Crippen molar-refractivity contribution in [3.8, 4) is 0 Å². The van der Waals surface area contributed by atoms with Gasteiger partial charge in [0.2, 0.25) is 0 Å². The van der Waals surface area contributed by atoms with Crippen LogP contribution in [0.3, 0.4) is 0 Å². The Morgan fingerprint density at radius 2 is 2.06 bits per heavy atom. The molecule has 1 aromatic carbocycles. The van der Waals surface area contributed by atoms with Crippen molar-refractivity contribution >= 4 is 28.5 Å². The van der Waals surface area contributed by atoms with Gasteiger partial charge in [0.25, 0.3) is 18.1 Å². The third-order valence-corrected chi connectivity index (χ3v) is 5.63. The smallest absolute Gasteiger partial charge is 0.280 e. The van der Waals surface area contributed by atoms with Crippen molar-refractivity contribution in [3.05, 3.63) is 71.6 Å². The van der Waals surface area contributed by atoms with Crippen LogP contribution in [0.4, 0.5) is 8.78 Å². The molecule has 3 aromatic heterocycles. The summed E-state index contributed by atoms with van der Waals surface area (Å²) in [5.74, 6) is 0.0876. The Bertz CT molecular complexity index is 1320. The van der Waals surface area contributed by atoms with E-state index in [2.05, 4.69) is 20.1 Å². The van der Waals surface area contributed by atoms with Crippen LogP contribution < -0.4 is 0 Å². The third kappa shape index (κ3) is 3.52. The van der Waals surface area contributed by atoms with Gasteiger partial charge >= 0.3 is 0 Å². The fraction of sp³-hybridized carbons (Fsp3) is 0.227. The van der Waals surface area contributed by atoms with E-state index in [1.807, 2.05) is 30.3 Å². The van der Waals surface area contributed by atoms with Crippen LogP contribution in [-0.2, 0) is 0 Å². The summed E-state index contributed by atoms with van der Waals surface area (Å²) in [6.07, 6.45) is 5.23. The van der Waals surface area contributed by atoms with Crippen LogP contribution in [0.2, 0.25) is 0 Å². The van der Waals surface area contributed by atoms with E-state index in [1.165, 1.54) is 16.9 Å². The maximum Gasteiger partial charge on any atom is 0.280 e. The molecule has 0 aliphatic heterocycles. The molecule has 7 nitrogen and oxygen atoms in total. The minimum Gasteiger partial charge on any atom is -0.338 e. The van der Waals surface area contributed by atoms with Gasteiger partial charge in [-0.3, -0.25) is 9.78 Å². The minimum atomic E-state index is -2.69. The highest BCUT2D eigenvalue weighted by molar-refractivity contribution is 5.98. The molecule has 3 heterocycles. The van der Waals surface area contributed by atoms with E-state index in [9.17, 15) is 13.6 Å². The van der Waals surface area contributed by atoms with Gasteiger partial charge in [0.1, 0.15) is 12.0 Å². The predicted molar refractivity (Wildman–Crippen MR) is 111 cm³/mol. The van der Waals surface area contributed by atoms with Gasteiger partial charge < -0.3 is 4.90 Å². The highest BCUT2D eigenvalue weighted by atomic mass is 19.3. The molecule has 1 amide bonds. The second-order valence-electron chi connectivity index (χ2n) is 7.60. The Balaban J connectivity index is 1.33. The first kappa shape index (κ1) is 19.2. The number of pyridine rings is 1. The molecule has 1 aliphatic rings. The quantitative estimate of drug-likeness (QED) is 0.500. The number of fused-ring (bicyclic) bond motifs is 2. The molecule has 9 heteroatoms. The second-order valence-corrected chi connectivity index (χ2v) is 7.60. The normalized spacial score (nSPS) is 16.0. The molecule has 0 spiro atoms. The van der Waals surface area contributed by atoms with Gasteiger partial charge in [-0.25, -0.2) is 13.8 Å². The fourth-order valence-electron chi connectivity index (χ4n) is 3.80. The lowest BCUT2D eigenvalue weighted by Crippen LogP contribution is -2.42. The topological polar surface area (TPSA) is 76.3 Å². The van der Waals surface area contributed by atoms with E-state index in [1.54, 1.807) is 24.3 Å². The molecule has 0 radical (unpaired) electrons. The molecule has 0 unspecified atom stereocenters. The maximum atomic E-state index is 13.1. The van der Waals surface area contributed by atoms with Crippen LogP contribution in [0.5, 0.6) is 0 Å². The average Bonchev–Trinajstić information content (AvgIpc) is 3.23. The van der Waals surface area contributed by atoms with E-state index in [0.29, 0.717) is 24.1 Å². The lowest BCUT2D eigenvalue weighted by Gasteiger charge is -2.37. The first-order valence-corrected chi connectivity index (χ1v) is 9.79. The van der Waals surface area contributed by atoms with Gasteiger partial charge in [-0.1, -0.05) is 11.6 Å². The Hall–Kier alpha value is -3.75. The van der Waals surface area contributed by atoms with E-state index in [4.69, 9.17) is 0 Å². The summed E-state index contributed by atoms with van der Waals surface area (Å²) >= 11 is 0. The fourth-order valence-corrected chi connectivity index (χ4v) is 3.80. The third-order valence-electron chi connectivity index (χ3n) is 5.63. The Labute approximate surface area is 176 Å². The zero-order valence-corrected chi connectivity index (χ0v) is 16.6. The number of carbonyl (C=O) groups is 1. The average molecular weight is 420 g/mol. The van der Waals surface area contributed by atoms with Crippen molar-refractivity contribution in [2.24, 2.45) is 0 Å². The molecule has 1 aliphatic carbocycles. The van der Waals surface area contributed by atoms with Gasteiger partial charge in [-0.05, 0) is 48.6 Å². The largest absolute Gasteiger partial charge is 0.338 e. The van der Waals surface area contributed by atoms with E-state index in [0.717, 1.165) is 16.3 Å². The molecule has 1 fully saturated rings. The van der Waals surface area contributed by atoms with Gasteiger partial charge in [-0.15, -0.1) is 0 Å². The van der Waals surface area contributed by atoms with Crippen molar-refractivity contribution in [1.29, 1.82) is 0 Å². The van der Waals surface area contributed by atoms with E-state index in [-0.39, 0.29) is 23.4 Å². The number of nitrogens with zero attached hydrogens (tertiary/aromatic N) is 6. The summed E-state index contributed by atoms with van der Waals surface area (Å²) in [6.45, 7) is 0. The van der Waals surface area contributed by atoms with Crippen LogP contribution in [0.1, 0.15) is 41.0 Å². The highest BCUT2D eigenvalue weighted by Crippen LogP contribution is 2.33. The zero-order chi connectivity index (χ0) is 21.5. The maximum absolute atomic E-state index is 13.1. The van der Waals surface area contributed by atoms with Gasteiger partial charge in [0.05, 0.1) is 5.69 Å². The number of hydrogen-bond donors (Lipinski definition) is 0. The molecule has 4 aromatic rings. The SMILES string of the molecule is CN(C(=O)c1ccc2cnccc2c1)C1CC(=Cc2cc(C(F)F)nc3ncnn23)C1. The van der Waals surface area contributed by atoms with Crippen molar-refractivity contribution in [3.63, 3.8) is 0 Å². The summed E-state index contributed by atoms with van der Waals surface area (Å²) in [4.78, 5) is 26.5. The van der Waals surface area contributed by atoms with Crippen LogP contribution in [0.15, 0.2) is 54.6 Å². The second kappa shape index (κ2) is 7.50. The standard InChI is InChI=1S/C22H18F2N6O/c1-29(21(31)15-2-3-16-11-25-5-4-14(16)9-15)17-6-13(7-17)8-18-10-19(20(23)24)28-22-26-12-27-30(18)22/h2-5,8-12,17,20H,6-7H2,1H3. The van der Waals surface area contributed by atoms with Crippen molar-refractivity contribution in [2.45, 2.75) is 25.3 Å². The molecule has 31 heavy (non-hydrogen) atoms. The van der Waals surface area contributed by atoms with Crippen LogP contribution in [-0.4, -0.2) is 48.5 Å². The molecule has 5 rings (SSSR count). The predicted octanol–water partition coefficient (Wildman–Crippen LogP) is 3.93. The number of aromatic nitrogens is 5. The van der Waals surface area contributed by atoms with E-state index >= 15 is 0 Å². The number of hydrogen-bond acceptors (Lipinski definition) is 5. The molecule has 0 N–H and O–H groups in total. The van der Waals surface area contributed by atoms with E-state index < -0.39 is 6.43 Å². The highest BCUT2D eigenvalue weighted by Gasteiger charge is 2.30. The van der Waals surface area contributed by atoms with Crippen molar-refractivity contribution in [2.75, 3.05) is 7.05 Å². The summed E-state index contributed by atoms with van der Waals surface area (Å²) in [5.41, 5.74) is 1.85. The molecule has 156 valence electrons. The number of halogens is 2. The molecule has 0 saturated heterocycles. The first-order chi connectivity index (χ1) is 15.0. The monoisotopic (exact) mass is 420 g/mol. The summed E-state index contributed by atoms with van der Waals surface area (Å²) in [6, 6.07) is 8.82. The zero-order valence-electron chi connectivity index (χ0n) is 16.6. The van der Waals surface area contributed by atoms with Crippen LogP contribution in [0.25, 0.3) is 22.6 Å². The molecular formula is C22H18F2N6O. The van der Waals surface area contributed by atoms with Gasteiger partial charge in [-0.2, -0.15) is 14.6 Å². The summed E-state index contributed by atoms with van der Waals surface area (Å²) in [5, 5.41) is 6.01. The lowest BCUT2D eigenvalue weighted by molar-refractivity contribution is 0.0699. The minimum absolute atomic E-state index is 0.0505. The molecular weight excluding hydrogens is 402 g/mol. The number of carbonyl (C=O) groups excluding carboxylic acids is 1. The van der Waals surface area contributed by atoms with Crippen molar-refractivity contribution in [1.82, 2.24) is 29.5 Å². The molecule has 1 saturated carbocycles. The number of alkyl halides is 2. The summed E-state index contributed by atoms with van der Waals surface area (Å²) in [7, 11) is 1.79. The lowest BCUT2D eigenvalue weighted by atomic mass is 9.84. The number of rotatable bonds is 4. The Morgan fingerprint density at radius 3 is 2.87 bits per heavy atom. The van der Waals surface area contributed by atoms with Crippen molar-refractivity contribution < 1.29 is 13.6 Å². The molecule has 0 atom stereocenters. The van der Waals surface area contributed by atoms with Crippen LogP contribution >= 0.6 is 0 Å². The number of amides is 1.